The Kier molecular flexibility index (Phi) is 12.6. The van der Waals surface area contributed by atoms with Gasteiger partial charge in [0, 0.05) is 35.6 Å². The topological polar surface area (TPSA) is 73.2 Å². The number of esters is 1. The number of hydrogen-bond donors (Lipinski definition) is 2. The van der Waals surface area contributed by atoms with Gasteiger partial charge in [-0.2, -0.15) is 0 Å². The first-order valence-electron chi connectivity index (χ1n) is 16.8. The molecule has 6 nitrogen and oxygen atoms in total. The quantitative estimate of drug-likeness (QED) is 0.221. The Morgan fingerprint density at radius 2 is 1.44 bits per heavy atom. The number of phenolic OH excluding ortho intramolecular Hbond substituents is 1. The van der Waals surface area contributed by atoms with E-state index in [0.717, 1.165) is 36.9 Å². The maximum atomic E-state index is 12.4. The number of aliphatic hydroxyl groups excluding tert-OH is 1. The Balaban J connectivity index is 0.000000206. The van der Waals surface area contributed by atoms with Crippen molar-refractivity contribution in [2.45, 2.75) is 109 Å². The summed E-state index contributed by atoms with van der Waals surface area (Å²) >= 11 is 0. The highest BCUT2D eigenvalue weighted by Gasteiger charge is 2.40. The van der Waals surface area contributed by atoms with E-state index in [1.165, 1.54) is 24.0 Å². The van der Waals surface area contributed by atoms with Crippen molar-refractivity contribution >= 4 is 5.97 Å². The van der Waals surface area contributed by atoms with E-state index in [4.69, 9.17) is 4.74 Å². The Bertz CT molecular complexity index is 1310. The zero-order chi connectivity index (χ0) is 32.5. The summed E-state index contributed by atoms with van der Waals surface area (Å²) in [7, 11) is 2.17. The third-order valence-electron chi connectivity index (χ3n) is 9.77. The molecule has 6 heteroatoms. The van der Waals surface area contributed by atoms with Gasteiger partial charge >= 0.3 is 5.97 Å². The van der Waals surface area contributed by atoms with Gasteiger partial charge in [0.05, 0.1) is 6.61 Å². The fourth-order valence-electron chi connectivity index (χ4n) is 7.24. The van der Waals surface area contributed by atoms with Crippen LogP contribution in [0.4, 0.5) is 0 Å². The smallest absolute Gasteiger partial charge is 0.316 e. The van der Waals surface area contributed by atoms with Crippen LogP contribution in [0.2, 0.25) is 0 Å². The molecular formula is C39H54N2O4. The highest BCUT2D eigenvalue weighted by atomic mass is 16.5. The maximum Gasteiger partial charge on any atom is 0.316 e. The van der Waals surface area contributed by atoms with Crippen LogP contribution in [0, 0.1) is 6.92 Å². The van der Waals surface area contributed by atoms with E-state index >= 15 is 0 Å². The van der Waals surface area contributed by atoms with Crippen molar-refractivity contribution in [1.82, 2.24) is 9.80 Å². The minimum absolute atomic E-state index is 0.00367. The van der Waals surface area contributed by atoms with Crippen molar-refractivity contribution in [2.24, 2.45) is 0 Å². The van der Waals surface area contributed by atoms with Crippen LogP contribution in [0.15, 0.2) is 78.9 Å². The second-order valence-electron chi connectivity index (χ2n) is 13.5. The molecular weight excluding hydrogens is 560 g/mol. The van der Waals surface area contributed by atoms with Crippen LogP contribution in [0.5, 0.6) is 5.75 Å². The van der Waals surface area contributed by atoms with Gasteiger partial charge < -0.3 is 19.8 Å². The van der Waals surface area contributed by atoms with Crippen molar-refractivity contribution in [3.8, 4) is 5.75 Å². The Morgan fingerprint density at radius 1 is 0.889 bits per heavy atom. The number of aryl methyl sites for hydroxylation is 1. The van der Waals surface area contributed by atoms with Crippen LogP contribution >= 0.6 is 0 Å². The lowest BCUT2D eigenvalue weighted by Gasteiger charge is -2.36. The van der Waals surface area contributed by atoms with Gasteiger partial charge in [0.25, 0.3) is 0 Å². The van der Waals surface area contributed by atoms with E-state index in [1.807, 2.05) is 48.5 Å². The first-order valence-corrected chi connectivity index (χ1v) is 16.8. The minimum Gasteiger partial charge on any atom is -0.508 e. The monoisotopic (exact) mass is 614 g/mol. The van der Waals surface area contributed by atoms with Crippen molar-refractivity contribution in [1.29, 1.82) is 0 Å². The van der Waals surface area contributed by atoms with Crippen LogP contribution in [0.1, 0.15) is 93.9 Å². The fraction of sp³-hybridized carbons (Fsp3) is 0.513. The third-order valence-corrected chi connectivity index (χ3v) is 9.77. The highest BCUT2D eigenvalue weighted by Crippen LogP contribution is 2.37. The average molecular weight is 615 g/mol. The first kappa shape index (κ1) is 34.7. The van der Waals surface area contributed by atoms with E-state index in [-0.39, 0.29) is 24.6 Å². The van der Waals surface area contributed by atoms with Crippen LogP contribution in [-0.4, -0.2) is 76.5 Å². The summed E-state index contributed by atoms with van der Waals surface area (Å²) < 4.78 is 5.70. The molecule has 3 aromatic rings. The van der Waals surface area contributed by atoms with Crippen molar-refractivity contribution in [3.63, 3.8) is 0 Å². The number of benzene rings is 3. The van der Waals surface area contributed by atoms with Gasteiger partial charge in [-0.3, -0.25) is 9.69 Å². The third kappa shape index (κ3) is 9.18. The van der Waals surface area contributed by atoms with Crippen molar-refractivity contribution < 1.29 is 19.7 Å². The predicted octanol–water partition coefficient (Wildman–Crippen LogP) is 7.27. The lowest BCUT2D eigenvalue weighted by molar-refractivity contribution is -0.155. The summed E-state index contributed by atoms with van der Waals surface area (Å²) in [6.45, 7) is 11.9. The molecule has 2 bridgehead atoms. The summed E-state index contributed by atoms with van der Waals surface area (Å²) in [4.78, 5) is 17.3. The molecule has 5 atom stereocenters. The number of phenols is 1. The van der Waals surface area contributed by atoms with Crippen LogP contribution in [0.3, 0.4) is 0 Å². The lowest BCUT2D eigenvalue weighted by Crippen LogP contribution is -2.43. The number of aromatic hydroxyl groups is 1. The van der Waals surface area contributed by atoms with E-state index in [0.29, 0.717) is 29.9 Å². The molecule has 2 fully saturated rings. The van der Waals surface area contributed by atoms with Gasteiger partial charge in [-0.1, -0.05) is 78.4 Å². The van der Waals surface area contributed by atoms with Crippen molar-refractivity contribution in [3.05, 3.63) is 101 Å². The largest absolute Gasteiger partial charge is 0.508 e. The van der Waals surface area contributed by atoms with E-state index in [1.54, 1.807) is 0 Å². The number of fused-ring (bicyclic) bond motifs is 2. The molecule has 45 heavy (non-hydrogen) atoms. The SMILES string of the molecule is CN1[C@@H]2CC[C@H]1CC(OC(=O)C(CO)c1ccccc1)C2.Cc1ccc(O)c([C@H](CCN(C(C)C)C(C)C)c2ccccc2)c1. The standard InChI is InChI=1S/C22H31NO.C17H23NO3/c1-16(2)23(17(3)4)14-13-20(19-9-7-6-8-10-19)21-15-18(5)11-12-22(21)24;1-18-13-7-8-14(18)10-15(9-13)21-17(20)16(11-19)12-5-3-2-4-6-12/h6-12,15-17,20,24H,13-14H2,1-5H3;2-6,13-16,19H,7-11H2,1H3/t20-;13-,14+,15?,16?/m1./s1. The zero-order valence-corrected chi connectivity index (χ0v) is 28.1. The molecule has 244 valence electrons. The highest BCUT2D eigenvalue weighted by molar-refractivity contribution is 5.78. The van der Waals surface area contributed by atoms with Gasteiger partial charge in [-0.25, -0.2) is 0 Å². The fourth-order valence-corrected chi connectivity index (χ4v) is 7.24. The molecule has 2 saturated heterocycles. The molecule has 0 radical (unpaired) electrons. The summed E-state index contributed by atoms with van der Waals surface area (Å²) in [5.41, 5.74) is 4.31. The van der Waals surface area contributed by atoms with Gasteiger partial charge in [0.2, 0.25) is 0 Å². The Hall–Kier alpha value is -3.19. The second-order valence-corrected chi connectivity index (χ2v) is 13.5. The molecule has 2 heterocycles. The minimum atomic E-state index is -0.566. The molecule has 0 saturated carbocycles. The average Bonchev–Trinajstić information content (AvgIpc) is 3.21. The molecule has 0 spiro atoms. The number of carbonyl (C=O) groups is 1. The Morgan fingerprint density at radius 3 is 1.98 bits per heavy atom. The number of piperidine rings is 1. The number of rotatable bonds is 11. The molecule has 2 aliphatic heterocycles. The van der Waals surface area contributed by atoms with Gasteiger partial charge in [0.15, 0.2) is 0 Å². The Labute approximate surface area is 271 Å². The molecule has 2 unspecified atom stereocenters. The number of hydrogen-bond acceptors (Lipinski definition) is 6. The maximum absolute atomic E-state index is 12.4. The second kappa shape index (κ2) is 16.4. The molecule has 5 rings (SSSR count). The van der Waals surface area contributed by atoms with Gasteiger partial charge in [-0.15, -0.1) is 0 Å². The summed E-state index contributed by atoms with van der Waals surface area (Å²) in [6, 6.07) is 28.0. The van der Waals surface area contributed by atoms with Crippen molar-refractivity contribution in [2.75, 3.05) is 20.2 Å². The van der Waals surface area contributed by atoms with Gasteiger partial charge in [0.1, 0.15) is 17.8 Å². The zero-order valence-electron chi connectivity index (χ0n) is 28.1. The van der Waals surface area contributed by atoms with Crippen LogP contribution < -0.4 is 0 Å². The van der Waals surface area contributed by atoms with E-state index in [9.17, 15) is 15.0 Å². The number of aliphatic hydroxyl groups is 1. The molecule has 2 aliphatic rings. The van der Waals surface area contributed by atoms with E-state index in [2.05, 4.69) is 81.8 Å². The number of carbonyl (C=O) groups excluding carboxylic acids is 1. The van der Waals surface area contributed by atoms with Crippen LogP contribution in [-0.2, 0) is 9.53 Å². The molecule has 0 amide bonds. The number of ether oxygens (including phenoxy) is 1. The van der Waals surface area contributed by atoms with Crippen LogP contribution in [0.25, 0.3) is 0 Å². The molecule has 0 aliphatic carbocycles. The normalized spacial score (nSPS) is 21.0. The molecule has 3 aromatic carbocycles. The lowest BCUT2D eigenvalue weighted by atomic mass is 9.87. The molecule has 2 N–H and O–H groups in total. The first-order chi connectivity index (χ1) is 21.6. The summed E-state index contributed by atoms with van der Waals surface area (Å²) in [5.74, 6) is -0.248. The number of nitrogens with zero attached hydrogens (tertiary/aromatic N) is 2. The predicted molar refractivity (Wildman–Crippen MR) is 183 cm³/mol. The summed E-state index contributed by atoms with van der Waals surface area (Å²) in [6.07, 6.45) is 5.26. The van der Waals surface area contributed by atoms with E-state index < -0.39 is 5.92 Å². The van der Waals surface area contributed by atoms with Gasteiger partial charge in [-0.05, 0) is 97.5 Å². The summed E-state index contributed by atoms with van der Waals surface area (Å²) in [5, 5.41) is 20.0. The molecule has 0 aromatic heterocycles.